The third-order valence-electron chi connectivity index (χ3n) is 3.98. The number of nitrogens with one attached hydrogen (secondary N) is 2. The van der Waals surface area contributed by atoms with E-state index in [1.54, 1.807) is 12.1 Å². The van der Waals surface area contributed by atoms with Crippen LogP contribution in [-0.2, 0) is 0 Å². The lowest BCUT2D eigenvalue weighted by Crippen LogP contribution is -2.13. The van der Waals surface area contributed by atoms with Crippen molar-refractivity contribution in [3.8, 4) is 0 Å². The van der Waals surface area contributed by atoms with E-state index in [0.29, 0.717) is 11.5 Å². The summed E-state index contributed by atoms with van der Waals surface area (Å²) in [6.07, 6.45) is 0. The molecule has 1 aromatic heterocycles. The molecule has 0 saturated carbocycles. The number of aromatic nitrogens is 2. The fraction of sp³-hybridized carbons (Fsp3) is 0.190. The Bertz CT molecular complexity index is 948. The largest absolute Gasteiger partial charge is 0.378 e. The highest BCUT2D eigenvalue weighted by atomic mass is 16.1. The van der Waals surface area contributed by atoms with Gasteiger partial charge in [0.05, 0.1) is 0 Å². The lowest BCUT2D eigenvalue weighted by molar-refractivity contribution is 0.102. The molecule has 3 rings (SSSR count). The van der Waals surface area contributed by atoms with Crippen LogP contribution in [0.2, 0.25) is 0 Å². The minimum absolute atomic E-state index is 0.170. The second kappa shape index (κ2) is 7.86. The van der Waals surface area contributed by atoms with Crippen molar-refractivity contribution in [3.05, 3.63) is 71.5 Å². The van der Waals surface area contributed by atoms with E-state index < -0.39 is 0 Å². The first kappa shape index (κ1) is 18.4. The predicted octanol–water partition coefficient (Wildman–Crippen LogP) is 4.16. The van der Waals surface area contributed by atoms with Crippen LogP contribution in [0.3, 0.4) is 0 Å². The zero-order valence-electron chi connectivity index (χ0n) is 15.9. The van der Waals surface area contributed by atoms with Gasteiger partial charge < -0.3 is 15.5 Å². The molecule has 0 atom stereocenters. The summed E-state index contributed by atoms with van der Waals surface area (Å²) in [5.74, 6) is 0.347. The number of hydrogen-bond acceptors (Lipinski definition) is 5. The average molecular weight is 361 g/mol. The smallest absolute Gasteiger partial charge is 0.255 e. The number of amides is 1. The normalized spacial score (nSPS) is 10.4. The van der Waals surface area contributed by atoms with Gasteiger partial charge in [0.15, 0.2) is 0 Å². The molecule has 0 radical (unpaired) electrons. The SMILES string of the molecule is Cc1cc(C)nc(Nc2cccc(C(=O)Nc3cccc(N(C)C)c3)c2)n1. The zero-order chi connectivity index (χ0) is 19.4. The highest BCUT2D eigenvalue weighted by Crippen LogP contribution is 2.20. The summed E-state index contributed by atoms with van der Waals surface area (Å²) in [6.45, 7) is 3.84. The monoisotopic (exact) mass is 361 g/mol. The Morgan fingerprint density at radius 3 is 2.26 bits per heavy atom. The molecule has 0 aliphatic carbocycles. The van der Waals surface area contributed by atoms with Crippen molar-refractivity contribution in [1.82, 2.24) is 9.97 Å². The molecule has 6 nitrogen and oxygen atoms in total. The molecule has 0 fully saturated rings. The van der Waals surface area contributed by atoms with Crippen molar-refractivity contribution in [3.63, 3.8) is 0 Å². The van der Waals surface area contributed by atoms with Crippen LogP contribution in [0.5, 0.6) is 0 Å². The lowest BCUT2D eigenvalue weighted by atomic mass is 10.1. The molecule has 1 amide bonds. The second-order valence-electron chi connectivity index (χ2n) is 6.58. The van der Waals surface area contributed by atoms with E-state index in [9.17, 15) is 4.79 Å². The number of rotatable bonds is 5. The van der Waals surface area contributed by atoms with Crippen LogP contribution in [0.15, 0.2) is 54.6 Å². The van der Waals surface area contributed by atoms with Crippen molar-refractivity contribution in [1.29, 1.82) is 0 Å². The molecule has 27 heavy (non-hydrogen) atoms. The van der Waals surface area contributed by atoms with Crippen LogP contribution in [0, 0.1) is 13.8 Å². The molecule has 1 heterocycles. The van der Waals surface area contributed by atoms with Gasteiger partial charge in [-0.2, -0.15) is 0 Å². The Morgan fingerprint density at radius 1 is 0.889 bits per heavy atom. The average Bonchev–Trinajstić information content (AvgIpc) is 2.61. The van der Waals surface area contributed by atoms with Gasteiger partial charge in [0.2, 0.25) is 5.95 Å². The molecule has 2 N–H and O–H groups in total. The molecule has 0 saturated heterocycles. The third kappa shape index (κ3) is 4.82. The molecule has 0 spiro atoms. The standard InChI is InChI=1S/C21H23N5O/c1-14-11-15(2)23-21(22-14)25-17-8-5-7-16(12-17)20(27)24-18-9-6-10-19(13-18)26(3)4/h5-13H,1-4H3,(H,24,27)(H,22,23,25). The second-order valence-corrected chi connectivity index (χ2v) is 6.58. The minimum atomic E-state index is -0.170. The Morgan fingerprint density at radius 2 is 1.56 bits per heavy atom. The van der Waals surface area contributed by atoms with Crippen molar-refractivity contribution in [2.75, 3.05) is 29.6 Å². The van der Waals surface area contributed by atoms with Crippen LogP contribution < -0.4 is 15.5 Å². The van der Waals surface area contributed by atoms with Crippen molar-refractivity contribution < 1.29 is 4.79 Å². The van der Waals surface area contributed by atoms with Gasteiger partial charge in [0.25, 0.3) is 5.91 Å². The van der Waals surface area contributed by atoms with Crippen LogP contribution >= 0.6 is 0 Å². The lowest BCUT2D eigenvalue weighted by Gasteiger charge is -2.14. The molecule has 2 aromatic carbocycles. The quantitative estimate of drug-likeness (QED) is 0.714. The highest BCUT2D eigenvalue weighted by Gasteiger charge is 2.09. The van der Waals surface area contributed by atoms with Gasteiger partial charge in [-0.3, -0.25) is 4.79 Å². The molecule has 138 valence electrons. The molecular weight excluding hydrogens is 338 g/mol. The summed E-state index contributed by atoms with van der Waals surface area (Å²) in [5, 5.41) is 6.10. The molecule has 6 heteroatoms. The van der Waals surface area contributed by atoms with E-state index in [0.717, 1.165) is 28.5 Å². The molecule has 0 aliphatic rings. The summed E-state index contributed by atoms with van der Waals surface area (Å²) >= 11 is 0. The first-order valence-corrected chi connectivity index (χ1v) is 8.69. The van der Waals surface area contributed by atoms with Crippen LogP contribution in [-0.4, -0.2) is 30.0 Å². The van der Waals surface area contributed by atoms with Crippen LogP contribution in [0.25, 0.3) is 0 Å². The summed E-state index contributed by atoms with van der Waals surface area (Å²) in [4.78, 5) is 23.4. The Hall–Kier alpha value is -3.41. The molecule has 3 aromatic rings. The van der Waals surface area contributed by atoms with Gasteiger partial charge in [-0.05, 0) is 56.3 Å². The highest BCUT2D eigenvalue weighted by molar-refractivity contribution is 6.05. The summed E-state index contributed by atoms with van der Waals surface area (Å²) in [6, 6.07) is 16.9. The van der Waals surface area contributed by atoms with E-state index in [4.69, 9.17) is 0 Å². The van der Waals surface area contributed by atoms with E-state index in [1.807, 2.05) is 75.3 Å². The topological polar surface area (TPSA) is 70.2 Å². The van der Waals surface area contributed by atoms with Crippen molar-refractivity contribution in [2.45, 2.75) is 13.8 Å². The maximum atomic E-state index is 12.6. The van der Waals surface area contributed by atoms with Crippen LogP contribution in [0.4, 0.5) is 23.0 Å². The fourth-order valence-electron chi connectivity index (χ4n) is 2.71. The number of carbonyl (C=O) groups excluding carboxylic acids is 1. The summed E-state index contributed by atoms with van der Waals surface area (Å²) in [7, 11) is 3.93. The first-order chi connectivity index (χ1) is 12.9. The van der Waals surface area contributed by atoms with Gasteiger partial charge in [-0.25, -0.2) is 9.97 Å². The van der Waals surface area contributed by atoms with Gasteiger partial charge in [-0.15, -0.1) is 0 Å². The van der Waals surface area contributed by atoms with Gasteiger partial charge in [-0.1, -0.05) is 12.1 Å². The zero-order valence-corrected chi connectivity index (χ0v) is 15.9. The van der Waals surface area contributed by atoms with Crippen LogP contribution in [0.1, 0.15) is 21.7 Å². The fourth-order valence-corrected chi connectivity index (χ4v) is 2.71. The third-order valence-corrected chi connectivity index (χ3v) is 3.98. The van der Waals surface area contributed by atoms with Gasteiger partial charge in [0, 0.05) is 48.1 Å². The maximum Gasteiger partial charge on any atom is 0.255 e. The van der Waals surface area contributed by atoms with E-state index in [2.05, 4.69) is 20.6 Å². The molecule has 0 bridgehead atoms. The molecule has 0 unspecified atom stereocenters. The number of hydrogen-bond donors (Lipinski definition) is 2. The Labute approximate surface area is 159 Å². The van der Waals surface area contributed by atoms with Gasteiger partial charge >= 0.3 is 0 Å². The van der Waals surface area contributed by atoms with E-state index in [-0.39, 0.29) is 5.91 Å². The number of nitrogens with zero attached hydrogens (tertiary/aromatic N) is 3. The summed E-state index contributed by atoms with van der Waals surface area (Å²) in [5.41, 5.74) is 4.87. The minimum Gasteiger partial charge on any atom is -0.378 e. The summed E-state index contributed by atoms with van der Waals surface area (Å²) < 4.78 is 0. The molecule has 0 aliphatic heterocycles. The van der Waals surface area contributed by atoms with Crippen molar-refractivity contribution >= 4 is 28.9 Å². The maximum absolute atomic E-state index is 12.6. The van der Waals surface area contributed by atoms with E-state index in [1.165, 1.54) is 0 Å². The van der Waals surface area contributed by atoms with E-state index >= 15 is 0 Å². The Balaban J connectivity index is 1.76. The Kier molecular flexibility index (Phi) is 5.35. The van der Waals surface area contributed by atoms with Gasteiger partial charge in [0.1, 0.15) is 0 Å². The number of aryl methyl sites for hydroxylation is 2. The first-order valence-electron chi connectivity index (χ1n) is 8.69. The van der Waals surface area contributed by atoms with Crippen molar-refractivity contribution in [2.24, 2.45) is 0 Å². The number of carbonyl (C=O) groups is 1. The number of benzene rings is 2. The number of anilines is 4. The predicted molar refractivity (Wildman–Crippen MR) is 110 cm³/mol. The molecular formula is C21H23N5O.